The Morgan fingerprint density at radius 1 is 1.17 bits per heavy atom. The van der Waals surface area contributed by atoms with Crippen molar-refractivity contribution in [3.63, 3.8) is 0 Å². The van der Waals surface area contributed by atoms with Gasteiger partial charge in [-0.3, -0.25) is 9.36 Å². The fourth-order valence-corrected chi connectivity index (χ4v) is 4.64. The second-order valence-corrected chi connectivity index (χ2v) is 8.58. The molecule has 158 valence electrons. The van der Waals surface area contributed by atoms with Gasteiger partial charge in [0.2, 0.25) is 0 Å². The molecule has 0 saturated carbocycles. The Hall–Kier alpha value is -2.46. The number of ether oxygens (including phenoxy) is 1. The van der Waals surface area contributed by atoms with Crippen LogP contribution in [0.1, 0.15) is 30.6 Å². The molecule has 30 heavy (non-hydrogen) atoms. The molecule has 0 aliphatic rings. The number of methoxy groups -OCH3 is 1. The Labute approximate surface area is 182 Å². The van der Waals surface area contributed by atoms with Gasteiger partial charge in [-0.1, -0.05) is 30.4 Å². The normalized spacial score (nSPS) is 12.0. The lowest BCUT2D eigenvalue weighted by molar-refractivity contribution is -0.140. The average Bonchev–Trinajstić information content (AvgIpc) is 3.12. The number of nitrogens with zero attached hydrogens (tertiary/aromatic N) is 5. The smallest absolute Gasteiger partial charge is 0.319 e. The van der Waals surface area contributed by atoms with Crippen LogP contribution in [0.15, 0.2) is 40.6 Å². The van der Waals surface area contributed by atoms with Gasteiger partial charge in [0.25, 0.3) is 0 Å². The number of aromatic nitrogens is 5. The van der Waals surface area contributed by atoms with Crippen LogP contribution in [0, 0.1) is 19.7 Å². The monoisotopic (exact) mass is 447 g/mol. The lowest BCUT2D eigenvalue weighted by Crippen LogP contribution is -2.18. The van der Waals surface area contributed by atoms with Crippen LogP contribution in [0.3, 0.4) is 0 Å². The van der Waals surface area contributed by atoms with Crippen LogP contribution in [0.25, 0.3) is 5.69 Å². The first kappa shape index (κ1) is 22.2. The molecule has 10 heteroatoms. The highest BCUT2D eigenvalue weighted by molar-refractivity contribution is 8.00. The van der Waals surface area contributed by atoms with E-state index in [1.807, 2.05) is 31.4 Å². The zero-order valence-electron chi connectivity index (χ0n) is 17.1. The predicted octanol–water partition coefficient (Wildman–Crippen LogP) is 4.15. The average molecular weight is 448 g/mol. The summed E-state index contributed by atoms with van der Waals surface area (Å²) in [5, 5.41) is 9.38. The van der Waals surface area contributed by atoms with Gasteiger partial charge in [-0.2, -0.15) is 0 Å². The van der Waals surface area contributed by atoms with Crippen molar-refractivity contribution in [3.8, 4) is 5.69 Å². The summed E-state index contributed by atoms with van der Waals surface area (Å²) in [6, 6.07) is 7.99. The van der Waals surface area contributed by atoms with E-state index in [-0.39, 0.29) is 11.8 Å². The van der Waals surface area contributed by atoms with E-state index in [2.05, 4.69) is 20.2 Å². The molecule has 0 radical (unpaired) electrons. The van der Waals surface area contributed by atoms with Crippen LogP contribution in [-0.2, 0) is 15.3 Å². The molecule has 0 spiro atoms. The molecule has 0 aliphatic heterocycles. The third kappa shape index (κ3) is 5.37. The molecule has 2 aromatic heterocycles. The predicted molar refractivity (Wildman–Crippen MR) is 114 cm³/mol. The van der Waals surface area contributed by atoms with Crippen molar-refractivity contribution in [2.45, 2.75) is 48.5 Å². The summed E-state index contributed by atoms with van der Waals surface area (Å²) in [5.41, 5.74) is 2.50. The molecule has 0 aliphatic carbocycles. The third-order valence-electron chi connectivity index (χ3n) is 4.16. The first-order valence-corrected chi connectivity index (χ1v) is 11.2. The quantitative estimate of drug-likeness (QED) is 0.289. The number of carbonyl (C=O) groups is 1. The number of thioether (sulfide) groups is 2. The van der Waals surface area contributed by atoms with Crippen molar-refractivity contribution >= 4 is 29.5 Å². The number of rotatable bonds is 8. The Morgan fingerprint density at radius 3 is 2.43 bits per heavy atom. The van der Waals surface area contributed by atoms with Crippen LogP contribution in [0.4, 0.5) is 4.39 Å². The second kappa shape index (κ2) is 10.0. The fraction of sp³-hybridized carbons (Fsp3) is 0.350. The largest absolute Gasteiger partial charge is 0.468 e. The summed E-state index contributed by atoms with van der Waals surface area (Å²) in [5.74, 6) is 0.455. The van der Waals surface area contributed by atoms with Gasteiger partial charge >= 0.3 is 5.97 Å². The van der Waals surface area contributed by atoms with Crippen molar-refractivity contribution in [1.29, 1.82) is 0 Å². The minimum absolute atomic E-state index is 0.323. The van der Waals surface area contributed by atoms with E-state index in [1.54, 1.807) is 12.1 Å². The van der Waals surface area contributed by atoms with Gasteiger partial charge in [0.1, 0.15) is 16.9 Å². The van der Waals surface area contributed by atoms with Crippen molar-refractivity contribution in [1.82, 2.24) is 24.7 Å². The Morgan fingerprint density at radius 2 is 1.83 bits per heavy atom. The first-order chi connectivity index (χ1) is 14.4. The Kier molecular flexibility index (Phi) is 7.43. The van der Waals surface area contributed by atoms with Gasteiger partial charge in [0.15, 0.2) is 10.3 Å². The number of halogens is 1. The van der Waals surface area contributed by atoms with Gasteiger partial charge in [-0.15, -0.1) is 10.2 Å². The number of esters is 1. The van der Waals surface area contributed by atoms with Gasteiger partial charge in [0, 0.05) is 17.1 Å². The molecule has 7 nitrogen and oxygen atoms in total. The summed E-state index contributed by atoms with van der Waals surface area (Å²) in [4.78, 5) is 20.9. The molecule has 0 saturated heterocycles. The van der Waals surface area contributed by atoms with E-state index >= 15 is 0 Å². The first-order valence-electron chi connectivity index (χ1n) is 9.31. The van der Waals surface area contributed by atoms with Crippen molar-refractivity contribution in [3.05, 3.63) is 53.4 Å². The summed E-state index contributed by atoms with van der Waals surface area (Å²) in [6.07, 6.45) is 0.577. The maximum absolute atomic E-state index is 13.5. The maximum atomic E-state index is 13.5. The van der Waals surface area contributed by atoms with Crippen molar-refractivity contribution in [2.24, 2.45) is 0 Å². The molecule has 3 rings (SSSR count). The fourth-order valence-electron chi connectivity index (χ4n) is 2.76. The third-order valence-corrected chi connectivity index (χ3v) is 6.29. The van der Waals surface area contributed by atoms with E-state index in [9.17, 15) is 9.18 Å². The summed E-state index contributed by atoms with van der Waals surface area (Å²) >= 11 is 2.72. The molecule has 3 aromatic rings. The van der Waals surface area contributed by atoms with Gasteiger partial charge < -0.3 is 4.74 Å². The summed E-state index contributed by atoms with van der Waals surface area (Å²) in [7, 11) is 1.36. The van der Waals surface area contributed by atoms with Crippen LogP contribution >= 0.6 is 23.5 Å². The maximum Gasteiger partial charge on any atom is 0.319 e. The van der Waals surface area contributed by atoms with Gasteiger partial charge in [-0.05, 0) is 50.6 Å². The topological polar surface area (TPSA) is 82.8 Å². The molecule has 1 atom stereocenters. The van der Waals surface area contributed by atoms with Crippen molar-refractivity contribution in [2.75, 3.05) is 7.11 Å². The Balaban J connectivity index is 1.93. The van der Waals surface area contributed by atoms with E-state index in [0.717, 1.165) is 11.4 Å². The molecular formula is C20H22FN5O2S2. The Bertz CT molecular complexity index is 1010. The number of carbonyl (C=O) groups excluding carboxylic acids is 1. The summed E-state index contributed by atoms with van der Waals surface area (Å²) in [6.45, 7) is 5.75. The highest BCUT2D eigenvalue weighted by Crippen LogP contribution is 2.30. The lowest BCUT2D eigenvalue weighted by atomic mass is 10.3. The SMILES string of the molecule is CCC(Sc1nnc(CSc2nc(C)cc(C)n2)n1-c1ccc(F)cc1)C(=O)OC. The summed E-state index contributed by atoms with van der Waals surface area (Å²) < 4.78 is 20.2. The van der Waals surface area contributed by atoms with Crippen LogP contribution < -0.4 is 0 Å². The highest BCUT2D eigenvalue weighted by atomic mass is 32.2. The molecule has 1 unspecified atom stereocenters. The number of hydrogen-bond donors (Lipinski definition) is 0. The zero-order valence-corrected chi connectivity index (χ0v) is 18.8. The minimum atomic E-state index is -0.415. The van der Waals surface area contributed by atoms with E-state index in [0.29, 0.717) is 34.0 Å². The number of benzene rings is 1. The lowest BCUT2D eigenvalue weighted by Gasteiger charge is -2.14. The van der Waals surface area contributed by atoms with E-state index < -0.39 is 5.25 Å². The molecule has 2 heterocycles. The van der Waals surface area contributed by atoms with Crippen LogP contribution in [0.2, 0.25) is 0 Å². The second-order valence-electron chi connectivity index (χ2n) is 6.47. The molecule has 0 N–H and O–H groups in total. The van der Waals surface area contributed by atoms with Crippen LogP contribution in [0.5, 0.6) is 0 Å². The van der Waals surface area contributed by atoms with E-state index in [1.165, 1.54) is 42.8 Å². The number of aryl methyl sites for hydroxylation is 2. The molecule has 0 fully saturated rings. The minimum Gasteiger partial charge on any atom is -0.468 e. The highest BCUT2D eigenvalue weighted by Gasteiger charge is 2.24. The number of hydrogen-bond acceptors (Lipinski definition) is 8. The van der Waals surface area contributed by atoms with Crippen molar-refractivity contribution < 1.29 is 13.9 Å². The van der Waals surface area contributed by atoms with Gasteiger partial charge in [-0.25, -0.2) is 14.4 Å². The van der Waals surface area contributed by atoms with Crippen LogP contribution in [-0.4, -0.2) is 43.1 Å². The molecule has 1 aromatic carbocycles. The molecule has 0 amide bonds. The molecule has 0 bridgehead atoms. The van der Waals surface area contributed by atoms with Gasteiger partial charge in [0.05, 0.1) is 12.9 Å². The zero-order chi connectivity index (χ0) is 21.7. The molecular weight excluding hydrogens is 425 g/mol. The standard InChI is InChI=1S/C20H22FN5O2S2/c1-5-16(18(27)28-4)30-20-25-24-17(26(20)15-8-6-14(21)7-9-15)11-29-19-22-12(2)10-13(3)23-19/h6-10,16H,5,11H2,1-4H3. The van der Waals surface area contributed by atoms with E-state index in [4.69, 9.17) is 4.74 Å².